The van der Waals surface area contributed by atoms with Crippen LogP contribution in [0.3, 0.4) is 0 Å². The Bertz CT molecular complexity index is 1070. The van der Waals surface area contributed by atoms with Crippen molar-refractivity contribution in [3.8, 4) is 17.3 Å². The van der Waals surface area contributed by atoms with Crippen LogP contribution in [0.4, 0.5) is 11.5 Å². The molecular weight excluding hydrogens is 388 g/mol. The number of aromatic nitrogens is 4. The van der Waals surface area contributed by atoms with Crippen molar-refractivity contribution in [3.05, 3.63) is 47.9 Å². The summed E-state index contributed by atoms with van der Waals surface area (Å²) in [5, 5.41) is 11.7. The third-order valence-electron chi connectivity index (χ3n) is 6.30. The molecule has 1 N–H and O–H groups in total. The fourth-order valence-corrected chi connectivity index (χ4v) is 4.95. The Labute approximate surface area is 174 Å². The second-order valence-electron chi connectivity index (χ2n) is 7.71. The maximum atomic E-state index is 11.0. The van der Waals surface area contributed by atoms with E-state index >= 15 is 0 Å². The van der Waals surface area contributed by atoms with Crippen molar-refractivity contribution in [1.82, 2.24) is 19.5 Å². The molecule has 29 heavy (non-hydrogen) atoms. The highest BCUT2D eigenvalue weighted by atomic mass is 35.5. The van der Waals surface area contributed by atoms with Crippen molar-refractivity contribution in [2.45, 2.75) is 38.0 Å². The third-order valence-corrected chi connectivity index (χ3v) is 6.54. The number of rotatable bonds is 3. The van der Waals surface area contributed by atoms with E-state index in [-0.39, 0.29) is 5.54 Å². The van der Waals surface area contributed by atoms with Gasteiger partial charge >= 0.3 is 0 Å². The number of aliphatic hydroxyl groups is 1. The lowest BCUT2D eigenvalue weighted by atomic mass is 9.88. The molecule has 3 aromatic rings. The van der Waals surface area contributed by atoms with Crippen LogP contribution in [0.1, 0.15) is 26.2 Å². The Kier molecular flexibility index (Phi) is 4.26. The summed E-state index contributed by atoms with van der Waals surface area (Å²) >= 11 is 6.17. The Hall–Kier alpha value is -2.64. The molecule has 2 aliphatic heterocycles. The molecule has 150 valence electrons. The molecule has 5 rings (SSSR count). The molecule has 0 amide bonds. The maximum Gasteiger partial charge on any atom is 0.237 e. The number of imidazole rings is 1. The summed E-state index contributed by atoms with van der Waals surface area (Å²) in [5.41, 5.74) is 1.44. The lowest BCUT2D eigenvalue weighted by molar-refractivity contribution is 0.0779. The summed E-state index contributed by atoms with van der Waals surface area (Å²) in [6.07, 6.45) is 7.66. The SMILES string of the molecule is CCC12CCCN1c1nc(-n3ccnc3-c3cccc(Cl)c3)ncc1N(C)C2O. The zero-order valence-corrected chi connectivity index (χ0v) is 17.2. The first-order valence-corrected chi connectivity index (χ1v) is 10.3. The van der Waals surface area contributed by atoms with Crippen LogP contribution >= 0.6 is 11.6 Å². The van der Waals surface area contributed by atoms with E-state index in [4.69, 9.17) is 16.6 Å². The number of hydrogen-bond acceptors (Lipinski definition) is 6. The fourth-order valence-electron chi connectivity index (χ4n) is 4.76. The summed E-state index contributed by atoms with van der Waals surface area (Å²) < 4.78 is 1.88. The van der Waals surface area contributed by atoms with E-state index in [0.717, 1.165) is 48.7 Å². The third kappa shape index (κ3) is 2.64. The zero-order valence-electron chi connectivity index (χ0n) is 16.5. The first kappa shape index (κ1) is 18.4. The summed E-state index contributed by atoms with van der Waals surface area (Å²) in [6, 6.07) is 7.59. The van der Waals surface area contributed by atoms with E-state index in [1.54, 1.807) is 12.4 Å². The Balaban J connectivity index is 1.63. The fraction of sp³-hybridized carbons (Fsp3) is 0.381. The number of fused-ring (bicyclic) bond motifs is 3. The van der Waals surface area contributed by atoms with Crippen LogP contribution in [0.2, 0.25) is 5.02 Å². The van der Waals surface area contributed by atoms with Gasteiger partial charge in [0.15, 0.2) is 5.82 Å². The molecule has 1 saturated heterocycles. The molecule has 4 heterocycles. The summed E-state index contributed by atoms with van der Waals surface area (Å²) in [4.78, 5) is 18.2. The van der Waals surface area contributed by atoms with Gasteiger partial charge in [0.1, 0.15) is 17.7 Å². The van der Waals surface area contributed by atoms with E-state index in [1.165, 1.54) is 0 Å². The van der Waals surface area contributed by atoms with Crippen molar-refractivity contribution in [2.24, 2.45) is 0 Å². The molecule has 0 bridgehead atoms. The number of nitrogens with zero attached hydrogens (tertiary/aromatic N) is 6. The van der Waals surface area contributed by atoms with Crippen molar-refractivity contribution in [2.75, 3.05) is 23.4 Å². The highest BCUT2D eigenvalue weighted by Gasteiger charge is 2.52. The van der Waals surface area contributed by atoms with Gasteiger partial charge in [0, 0.05) is 36.6 Å². The van der Waals surface area contributed by atoms with Crippen LogP contribution in [-0.2, 0) is 0 Å². The van der Waals surface area contributed by atoms with Crippen molar-refractivity contribution >= 4 is 23.1 Å². The molecule has 8 heteroatoms. The Morgan fingerprint density at radius 2 is 2.17 bits per heavy atom. The van der Waals surface area contributed by atoms with Gasteiger partial charge < -0.3 is 14.9 Å². The van der Waals surface area contributed by atoms with E-state index in [1.807, 2.05) is 47.0 Å². The summed E-state index contributed by atoms with van der Waals surface area (Å²) in [6.45, 7) is 3.02. The number of anilines is 2. The molecule has 2 atom stereocenters. The summed E-state index contributed by atoms with van der Waals surface area (Å²) in [5.74, 6) is 2.16. The van der Waals surface area contributed by atoms with Gasteiger partial charge in [-0.15, -0.1) is 0 Å². The van der Waals surface area contributed by atoms with Crippen molar-refractivity contribution in [1.29, 1.82) is 0 Å². The number of likely N-dealkylation sites (N-methyl/N-ethyl adjacent to an activating group) is 1. The van der Waals surface area contributed by atoms with Gasteiger partial charge in [0.25, 0.3) is 0 Å². The molecule has 0 saturated carbocycles. The van der Waals surface area contributed by atoms with E-state index < -0.39 is 6.23 Å². The van der Waals surface area contributed by atoms with Crippen molar-refractivity contribution in [3.63, 3.8) is 0 Å². The van der Waals surface area contributed by atoms with Crippen LogP contribution in [0.5, 0.6) is 0 Å². The molecule has 2 aliphatic rings. The smallest absolute Gasteiger partial charge is 0.237 e. The topological polar surface area (TPSA) is 70.3 Å². The first-order chi connectivity index (χ1) is 14.0. The first-order valence-electron chi connectivity index (χ1n) is 9.90. The second-order valence-corrected chi connectivity index (χ2v) is 8.14. The van der Waals surface area contributed by atoms with Gasteiger partial charge in [-0.25, -0.2) is 9.97 Å². The molecule has 1 fully saturated rings. The minimum Gasteiger partial charge on any atom is -0.371 e. The number of aliphatic hydroxyl groups excluding tert-OH is 1. The van der Waals surface area contributed by atoms with Gasteiger partial charge in [-0.3, -0.25) is 4.57 Å². The van der Waals surface area contributed by atoms with Crippen LogP contribution in [0.15, 0.2) is 42.9 Å². The monoisotopic (exact) mass is 410 g/mol. The van der Waals surface area contributed by atoms with E-state index in [2.05, 4.69) is 21.8 Å². The van der Waals surface area contributed by atoms with Crippen molar-refractivity contribution < 1.29 is 5.11 Å². The Morgan fingerprint density at radius 3 is 2.97 bits per heavy atom. The second kappa shape index (κ2) is 6.71. The highest BCUT2D eigenvalue weighted by Crippen LogP contribution is 2.47. The zero-order chi connectivity index (χ0) is 20.2. The molecule has 2 unspecified atom stereocenters. The van der Waals surface area contributed by atoms with Gasteiger partial charge in [-0.05, 0) is 31.4 Å². The van der Waals surface area contributed by atoms with Gasteiger partial charge in [0.2, 0.25) is 5.95 Å². The quantitative estimate of drug-likeness (QED) is 0.712. The standard InChI is InChI=1S/C21H23ClN6O/c1-3-21-8-5-10-28(21)18-16(26(2)19(21)29)13-24-20(25-18)27-11-9-23-17(27)14-6-4-7-15(22)12-14/h4,6-7,9,11-13,19,29H,3,5,8,10H2,1-2H3. The molecule has 0 aliphatic carbocycles. The predicted octanol–water partition coefficient (Wildman–Crippen LogP) is 3.50. The minimum absolute atomic E-state index is 0.307. The van der Waals surface area contributed by atoms with Gasteiger partial charge in [-0.1, -0.05) is 30.7 Å². The largest absolute Gasteiger partial charge is 0.371 e. The number of halogens is 1. The molecule has 7 nitrogen and oxygen atoms in total. The normalized spacial score (nSPS) is 23.2. The van der Waals surface area contributed by atoms with Crippen LogP contribution in [0, 0.1) is 0 Å². The van der Waals surface area contributed by atoms with Crippen LogP contribution in [-0.4, -0.2) is 50.0 Å². The average molecular weight is 411 g/mol. The lowest BCUT2D eigenvalue weighted by Crippen LogP contribution is -2.62. The number of hydrogen-bond donors (Lipinski definition) is 1. The maximum absolute atomic E-state index is 11.0. The predicted molar refractivity (Wildman–Crippen MR) is 114 cm³/mol. The lowest BCUT2D eigenvalue weighted by Gasteiger charge is -2.50. The van der Waals surface area contributed by atoms with E-state index in [0.29, 0.717) is 11.0 Å². The number of benzene rings is 1. The molecule has 0 spiro atoms. The van der Waals surface area contributed by atoms with E-state index in [9.17, 15) is 5.11 Å². The Morgan fingerprint density at radius 1 is 1.31 bits per heavy atom. The molecule has 2 aromatic heterocycles. The minimum atomic E-state index is -0.577. The van der Waals surface area contributed by atoms with Crippen LogP contribution < -0.4 is 9.80 Å². The molecular formula is C21H23ClN6O. The molecule has 0 radical (unpaired) electrons. The summed E-state index contributed by atoms with van der Waals surface area (Å²) in [7, 11) is 1.91. The molecule has 1 aromatic carbocycles. The average Bonchev–Trinajstić information content (AvgIpc) is 3.39. The highest BCUT2D eigenvalue weighted by molar-refractivity contribution is 6.30. The van der Waals surface area contributed by atoms with Crippen LogP contribution in [0.25, 0.3) is 17.3 Å². The van der Waals surface area contributed by atoms with Gasteiger partial charge in [0.05, 0.1) is 11.7 Å². The van der Waals surface area contributed by atoms with Gasteiger partial charge in [-0.2, -0.15) is 4.98 Å².